The van der Waals surface area contributed by atoms with E-state index in [2.05, 4.69) is 6.92 Å². The molecule has 1 aromatic carbocycles. The lowest BCUT2D eigenvalue weighted by atomic mass is 9.93. The van der Waals surface area contributed by atoms with Gasteiger partial charge in [0.1, 0.15) is 0 Å². The summed E-state index contributed by atoms with van der Waals surface area (Å²) in [6.45, 7) is 2.33. The van der Waals surface area contributed by atoms with Crippen molar-refractivity contribution in [3.05, 3.63) is 35.4 Å². The zero-order chi connectivity index (χ0) is 17.9. The van der Waals surface area contributed by atoms with Gasteiger partial charge in [0.25, 0.3) is 0 Å². The fourth-order valence-electron chi connectivity index (χ4n) is 5.22. The van der Waals surface area contributed by atoms with E-state index < -0.39 is 20.5 Å². The van der Waals surface area contributed by atoms with E-state index in [1.54, 1.807) is 30.3 Å². The average Bonchev–Trinajstić information content (AvgIpc) is 2.62. The second-order valence-electron chi connectivity index (χ2n) is 8.30. The van der Waals surface area contributed by atoms with Crippen molar-refractivity contribution in [3.8, 4) is 0 Å². The molecule has 2 heterocycles. The van der Waals surface area contributed by atoms with Crippen LogP contribution in [-0.2, 0) is 6.18 Å². The molecule has 0 aromatic heterocycles. The molecule has 0 N–H and O–H groups in total. The molecule has 25 heavy (non-hydrogen) atoms. The molecule has 5 heteroatoms. The van der Waals surface area contributed by atoms with Crippen molar-refractivity contribution < 1.29 is 13.2 Å². The van der Waals surface area contributed by atoms with Crippen LogP contribution >= 0.6 is 0 Å². The van der Waals surface area contributed by atoms with Crippen LogP contribution in [0.3, 0.4) is 0 Å². The normalized spacial score (nSPS) is 31.0. The molecule has 0 radical (unpaired) electrons. The minimum atomic E-state index is -4.22. The predicted octanol–water partition coefficient (Wildman–Crippen LogP) is 6.61. The second-order valence-corrected chi connectivity index (χ2v) is 15.4. The summed E-state index contributed by atoms with van der Waals surface area (Å²) in [4.78, 5) is 0. The quantitative estimate of drug-likeness (QED) is 0.512. The minimum absolute atomic E-state index is 0.369. The fraction of sp³-hybridized carbons (Fsp3) is 0.700. The number of hydrogen-bond acceptors (Lipinski definition) is 0. The molecule has 0 bridgehead atoms. The van der Waals surface area contributed by atoms with Gasteiger partial charge in [-0.3, -0.25) is 0 Å². The van der Waals surface area contributed by atoms with Gasteiger partial charge in [-0.1, -0.05) is 68.5 Å². The first-order chi connectivity index (χ1) is 12.0. The third-order valence-electron chi connectivity index (χ3n) is 6.74. The first-order valence-electron chi connectivity index (χ1n) is 10.1. The largest absolute Gasteiger partial charge is 0.416 e. The molecular weight excluding hydrogens is 353 g/mol. The van der Waals surface area contributed by atoms with Crippen LogP contribution < -0.4 is 0 Å². The Labute approximate surface area is 153 Å². The molecule has 0 spiro atoms. The van der Waals surface area contributed by atoms with Crippen LogP contribution in [0.25, 0.3) is 0 Å². The van der Waals surface area contributed by atoms with Gasteiger partial charge in [-0.05, 0) is 42.0 Å². The van der Waals surface area contributed by atoms with Crippen LogP contribution in [0.5, 0.6) is 0 Å². The molecule has 2 saturated heterocycles. The Kier molecular flexibility index (Phi) is 6.47. The van der Waals surface area contributed by atoms with E-state index in [0.717, 1.165) is 11.1 Å². The molecule has 0 atom stereocenters. The SMILES string of the molecule is CCC[Si@H]1CC[C@H]([Si@H]2CC[C@H](c3ccc(C(F)(F)F)cc3)CC2)CC1. The smallest absolute Gasteiger partial charge is 0.166 e. The Morgan fingerprint density at radius 1 is 0.920 bits per heavy atom. The molecule has 3 rings (SSSR count). The maximum atomic E-state index is 12.7. The first kappa shape index (κ1) is 19.2. The van der Waals surface area contributed by atoms with E-state index in [9.17, 15) is 13.2 Å². The van der Waals surface area contributed by atoms with Gasteiger partial charge in [0.15, 0.2) is 0 Å². The fourth-order valence-corrected chi connectivity index (χ4v) is 13.7. The van der Waals surface area contributed by atoms with E-state index in [4.69, 9.17) is 0 Å². The zero-order valence-corrected chi connectivity index (χ0v) is 17.6. The number of benzene rings is 1. The summed E-state index contributed by atoms with van der Waals surface area (Å²) in [5.41, 5.74) is 1.68. The summed E-state index contributed by atoms with van der Waals surface area (Å²) >= 11 is 0. The van der Waals surface area contributed by atoms with E-state index in [0.29, 0.717) is 5.92 Å². The molecule has 1 aromatic rings. The van der Waals surface area contributed by atoms with Gasteiger partial charge in [-0.2, -0.15) is 13.2 Å². The Hall–Kier alpha value is -0.556. The van der Waals surface area contributed by atoms with Crippen molar-refractivity contribution in [2.24, 2.45) is 0 Å². The highest BCUT2D eigenvalue weighted by Crippen LogP contribution is 2.43. The van der Waals surface area contributed by atoms with Gasteiger partial charge in [-0.15, -0.1) is 0 Å². The van der Waals surface area contributed by atoms with Crippen molar-refractivity contribution in [3.63, 3.8) is 0 Å². The summed E-state index contributed by atoms with van der Waals surface area (Å²) in [6, 6.07) is 13.5. The number of halogens is 3. The third kappa shape index (κ3) is 5.00. The van der Waals surface area contributed by atoms with Crippen molar-refractivity contribution in [1.29, 1.82) is 0 Å². The van der Waals surface area contributed by atoms with E-state index >= 15 is 0 Å². The van der Waals surface area contributed by atoms with Crippen molar-refractivity contribution in [1.82, 2.24) is 0 Å². The molecule has 2 aliphatic rings. The molecule has 0 unspecified atom stereocenters. The lowest BCUT2D eigenvalue weighted by Crippen LogP contribution is -2.30. The molecule has 0 amide bonds. The van der Waals surface area contributed by atoms with Crippen molar-refractivity contribution in [2.45, 2.75) is 86.9 Å². The highest BCUT2D eigenvalue weighted by Gasteiger charge is 2.33. The van der Waals surface area contributed by atoms with Gasteiger partial charge < -0.3 is 0 Å². The molecule has 2 fully saturated rings. The van der Waals surface area contributed by atoms with Crippen molar-refractivity contribution in [2.75, 3.05) is 0 Å². The van der Waals surface area contributed by atoms with Crippen LogP contribution in [-0.4, -0.2) is 17.6 Å². The Morgan fingerprint density at radius 2 is 1.52 bits per heavy atom. The number of rotatable bonds is 4. The zero-order valence-electron chi connectivity index (χ0n) is 15.3. The molecular formula is C20H31F3Si2. The molecule has 0 nitrogen and oxygen atoms in total. The molecule has 2 aliphatic heterocycles. The molecule has 140 valence electrons. The van der Waals surface area contributed by atoms with Crippen LogP contribution in [0.15, 0.2) is 24.3 Å². The monoisotopic (exact) mass is 384 g/mol. The lowest BCUT2D eigenvalue weighted by Gasteiger charge is -2.37. The Morgan fingerprint density at radius 3 is 2.04 bits per heavy atom. The summed E-state index contributed by atoms with van der Waals surface area (Å²) in [5.74, 6) is 0.497. The standard InChI is InChI=1S/C20H31F3Si2/c1-2-11-24-12-9-19(10-13-24)25-14-7-17(8-15-25)16-3-5-18(6-4-16)20(21,22)23/h3-6,17,19,24-25H,2,7-15H2,1H3/t17-,19-,24-,25-. The van der Waals surface area contributed by atoms with Crippen LogP contribution in [0, 0.1) is 0 Å². The summed E-state index contributed by atoms with van der Waals surface area (Å²) < 4.78 is 38.1. The number of hydrogen-bond donors (Lipinski definition) is 0. The van der Waals surface area contributed by atoms with Gasteiger partial charge >= 0.3 is 6.18 Å². The highest BCUT2D eigenvalue weighted by molar-refractivity contribution is 6.63. The van der Waals surface area contributed by atoms with Gasteiger partial charge in [0.05, 0.1) is 5.56 Å². The number of alkyl halides is 3. The van der Waals surface area contributed by atoms with Gasteiger partial charge in [0.2, 0.25) is 0 Å². The summed E-state index contributed by atoms with van der Waals surface area (Å²) in [6.07, 6.45) is 2.65. The maximum Gasteiger partial charge on any atom is 0.416 e. The van der Waals surface area contributed by atoms with Gasteiger partial charge in [0, 0.05) is 17.6 Å². The molecule has 0 aliphatic carbocycles. The van der Waals surface area contributed by atoms with E-state index in [1.165, 1.54) is 56.3 Å². The van der Waals surface area contributed by atoms with E-state index in [-0.39, 0.29) is 8.80 Å². The van der Waals surface area contributed by atoms with Crippen LogP contribution in [0.4, 0.5) is 13.2 Å². The summed E-state index contributed by atoms with van der Waals surface area (Å²) in [5, 5.41) is 0. The first-order valence-corrected chi connectivity index (χ1v) is 14.9. The van der Waals surface area contributed by atoms with E-state index in [1.807, 2.05) is 0 Å². The predicted molar refractivity (Wildman–Crippen MR) is 105 cm³/mol. The second kappa shape index (κ2) is 8.42. The summed E-state index contributed by atoms with van der Waals surface area (Å²) in [7, 11) is -0.981. The maximum absolute atomic E-state index is 12.7. The van der Waals surface area contributed by atoms with Crippen LogP contribution in [0.2, 0.25) is 35.8 Å². The average molecular weight is 385 g/mol. The lowest BCUT2D eigenvalue weighted by molar-refractivity contribution is -0.137. The third-order valence-corrected chi connectivity index (χ3v) is 14.6. The highest BCUT2D eigenvalue weighted by atomic mass is 28.3. The minimum Gasteiger partial charge on any atom is -0.166 e. The van der Waals surface area contributed by atoms with Crippen molar-refractivity contribution >= 4 is 17.6 Å². The Bertz CT molecular complexity index is 525. The van der Waals surface area contributed by atoms with Crippen LogP contribution in [0.1, 0.15) is 56.1 Å². The van der Waals surface area contributed by atoms with Gasteiger partial charge in [-0.25, -0.2) is 0 Å². The topological polar surface area (TPSA) is 0 Å². The molecule has 0 saturated carbocycles. The Balaban J connectivity index is 1.49.